The van der Waals surface area contributed by atoms with Crippen LogP contribution in [0.3, 0.4) is 0 Å². The summed E-state index contributed by atoms with van der Waals surface area (Å²) < 4.78 is 10.2. The SMILES string of the molecule is CCC(C)OC(=O)C(C(=O)O)C(=O)C(=Cc1ccc(OC)cc1)c1ccccn1. The predicted molar refractivity (Wildman–Crippen MR) is 107 cm³/mol. The number of Topliss-reactive ketones (excluding diaryl/α,β-unsaturated/α-hetero) is 1. The van der Waals surface area contributed by atoms with Crippen molar-refractivity contribution < 1.29 is 29.0 Å². The molecule has 0 aliphatic carbocycles. The highest BCUT2D eigenvalue weighted by molar-refractivity contribution is 6.35. The third-order valence-corrected chi connectivity index (χ3v) is 4.27. The molecule has 0 bridgehead atoms. The van der Waals surface area contributed by atoms with Gasteiger partial charge in [0.2, 0.25) is 5.92 Å². The average Bonchev–Trinajstić information content (AvgIpc) is 2.72. The fourth-order valence-corrected chi connectivity index (χ4v) is 2.49. The highest BCUT2D eigenvalue weighted by Crippen LogP contribution is 2.24. The summed E-state index contributed by atoms with van der Waals surface area (Å²) in [5.41, 5.74) is 0.888. The van der Waals surface area contributed by atoms with Crippen molar-refractivity contribution >= 4 is 29.4 Å². The number of hydrogen-bond acceptors (Lipinski definition) is 6. The fraction of sp³-hybridized carbons (Fsp3) is 0.273. The van der Waals surface area contributed by atoms with Crippen LogP contribution in [0.25, 0.3) is 11.6 Å². The van der Waals surface area contributed by atoms with Crippen LogP contribution in [-0.2, 0) is 19.1 Å². The van der Waals surface area contributed by atoms with E-state index in [0.717, 1.165) is 0 Å². The molecule has 1 N–H and O–H groups in total. The van der Waals surface area contributed by atoms with Gasteiger partial charge in [0, 0.05) is 11.8 Å². The molecule has 0 saturated heterocycles. The van der Waals surface area contributed by atoms with Gasteiger partial charge < -0.3 is 14.6 Å². The van der Waals surface area contributed by atoms with Crippen LogP contribution >= 0.6 is 0 Å². The van der Waals surface area contributed by atoms with Gasteiger partial charge in [0.15, 0.2) is 5.78 Å². The van der Waals surface area contributed by atoms with E-state index in [4.69, 9.17) is 9.47 Å². The van der Waals surface area contributed by atoms with E-state index in [9.17, 15) is 19.5 Å². The monoisotopic (exact) mass is 397 g/mol. The Balaban J connectivity index is 2.48. The second kappa shape index (κ2) is 10.2. The van der Waals surface area contributed by atoms with Crippen molar-refractivity contribution in [1.29, 1.82) is 0 Å². The number of hydrogen-bond donors (Lipinski definition) is 1. The zero-order valence-electron chi connectivity index (χ0n) is 16.5. The van der Waals surface area contributed by atoms with Gasteiger partial charge >= 0.3 is 11.9 Å². The Morgan fingerprint density at radius 1 is 1.14 bits per heavy atom. The van der Waals surface area contributed by atoms with Crippen molar-refractivity contribution in [3.8, 4) is 5.75 Å². The van der Waals surface area contributed by atoms with Gasteiger partial charge in [-0.25, -0.2) is 0 Å². The number of ether oxygens (including phenoxy) is 2. The molecule has 1 aromatic carbocycles. The molecular formula is C22H23NO6. The summed E-state index contributed by atoms with van der Waals surface area (Å²) in [7, 11) is 1.54. The number of aliphatic carboxylic acids is 1. The Hall–Kier alpha value is -3.48. The fourth-order valence-electron chi connectivity index (χ4n) is 2.49. The van der Waals surface area contributed by atoms with Crippen molar-refractivity contribution in [2.75, 3.05) is 7.11 Å². The maximum Gasteiger partial charge on any atom is 0.328 e. The van der Waals surface area contributed by atoms with E-state index in [1.165, 1.54) is 19.4 Å². The van der Waals surface area contributed by atoms with E-state index in [2.05, 4.69) is 4.98 Å². The minimum atomic E-state index is -1.98. The molecule has 7 nitrogen and oxygen atoms in total. The number of methoxy groups -OCH3 is 1. The lowest BCUT2D eigenvalue weighted by molar-refractivity contribution is -0.163. The summed E-state index contributed by atoms with van der Waals surface area (Å²) >= 11 is 0. The maximum atomic E-state index is 13.1. The number of aromatic nitrogens is 1. The van der Waals surface area contributed by atoms with Gasteiger partial charge in [0.1, 0.15) is 5.75 Å². The van der Waals surface area contributed by atoms with Crippen LogP contribution in [0.2, 0.25) is 0 Å². The van der Waals surface area contributed by atoms with Crippen molar-refractivity contribution in [2.24, 2.45) is 5.92 Å². The molecular weight excluding hydrogens is 374 g/mol. The van der Waals surface area contributed by atoms with Crippen LogP contribution in [0.15, 0.2) is 48.7 Å². The molecule has 7 heteroatoms. The third-order valence-electron chi connectivity index (χ3n) is 4.27. The summed E-state index contributed by atoms with van der Waals surface area (Å²) in [6.45, 7) is 3.42. The molecule has 0 spiro atoms. The van der Waals surface area contributed by atoms with Crippen molar-refractivity contribution in [2.45, 2.75) is 26.4 Å². The Bertz CT molecular complexity index is 889. The molecule has 0 saturated carbocycles. The zero-order chi connectivity index (χ0) is 21.4. The molecule has 0 radical (unpaired) electrons. The zero-order valence-corrected chi connectivity index (χ0v) is 16.5. The standard InChI is InChI=1S/C22H23NO6/c1-4-14(2)29-22(27)19(21(25)26)20(24)17(18-7-5-6-12-23-18)13-15-8-10-16(28-3)11-9-15/h5-14,19H,4H2,1-3H3,(H,25,26). The number of pyridine rings is 1. The Kier molecular flexibility index (Phi) is 7.65. The predicted octanol–water partition coefficient (Wildman–Crippen LogP) is 3.24. The van der Waals surface area contributed by atoms with Gasteiger partial charge in [-0.1, -0.05) is 25.1 Å². The molecule has 29 heavy (non-hydrogen) atoms. The lowest BCUT2D eigenvalue weighted by Crippen LogP contribution is -2.35. The number of esters is 1. The molecule has 2 rings (SSSR count). The largest absolute Gasteiger partial charge is 0.497 e. The summed E-state index contributed by atoms with van der Waals surface area (Å²) in [4.78, 5) is 41.4. The molecule has 0 fully saturated rings. The molecule has 0 aliphatic heterocycles. The highest BCUT2D eigenvalue weighted by atomic mass is 16.5. The van der Waals surface area contributed by atoms with Gasteiger partial charge in [-0.15, -0.1) is 0 Å². The van der Waals surface area contributed by atoms with Crippen LogP contribution in [-0.4, -0.2) is 41.0 Å². The number of ketones is 1. The number of carboxylic acids is 1. The number of allylic oxidation sites excluding steroid dienone is 1. The lowest BCUT2D eigenvalue weighted by Gasteiger charge is -2.16. The summed E-state index contributed by atoms with van der Waals surface area (Å²) in [5, 5.41) is 9.54. The van der Waals surface area contributed by atoms with Crippen LogP contribution < -0.4 is 4.74 Å². The number of rotatable bonds is 9. The van der Waals surface area contributed by atoms with Crippen LogP contribution in [0.5, 0.6) is 5.75 Å². The number of nitrogens with zero attached hydrogens (tertiary/aromatic N) is 1. The topological polar surface area (TPSA) is 103 Å². The van der Waals surface area contributed by atoms with E-state index in [0.29, 0.717) is 17.7 Å². The molecule has 1 heterocycles. The molecule has 152 valence electrons. The molecule has 0 amide bonds. The third kappa shape index (κ3) is 5.75. The maximum absolute atomic E-state index is 13.1. The van der Waals surface area contributed by atoms with Crippen LogP contribution in [0, 0.1) is 5.92 Å². The lowest BCUT2D eigenvalue weighted by atomic mass is 9.93. The first-order valence-electron chi connectivity index (χ1n) is 9.12. The van der Waals surface area contributed by atoms with Crippen LogP contribution in [0.1, 0.15) is 31.5 Å². The van der Waals surface area contributed by atoms with E-state index in [1.807, 2.05) is 0 Å². The quantitative estimate of drug-likeness (QED) is 0.394. The van der Waals surface area contributed by atoms with E-state index in [1.54, 1.807) is 56.3 Å². The Labute approximate surface area is 169 Å². The van der Waals surface area contributed by atoms with Gasteiger partial charge in [-0.3, -0.25) is 19.4 Å². The van der Waals surface area contributed by atoms with Gasteiger partial charge in [-0.2, -0.15) is 0 Å². The first kappa shape index (κ1) is 21.8. The molecule has 2 atom stereocenters. The summed E-state index contributed by atoms with van der Waals surface area (Å²) in [6.07, 6.45) is 2.98. The number of carbonyl (C=O) groups is 3. The van der Waals surface area contributed by atoms with Gasteiger partial charge in [0.05, 0.1) is 18.9 Å². The van der Waals surface area contributed by atoms with Crippen LogP contribution in [0.4, 0.5) is 0 Å². The second-order valence-corrected chi connectivity index (χ2v) is 6.34. The second-order valence-electron chi connectivity index (χ2n) is 6.34. The molecule has 1 aromatic heterocycles. The smallest absolute Gasteiger partial charge is 0.328 e. The Morgan fingerprint density at radius 3 is 2.34 bits per heavy atom. The van der Waals surface area contributed by atoms with Crippen molar-refractivity contribution in [3.63, 3.8) is 0 Å². The summed E-state index contributed by atoms with van der Waals surface area (Å²) in [6, 6.07) is 11.8. The number of carbonyl (C=O) groups excluding carboxylic acids is 2. The summed E-state index contributed by atoms with van der Waals surface area (Å²) in [5.74, 6) is -4.89. The first-order chi connectivity index (χ1) is 13.9. The molecule has 0 aliphatic rings. The number of carboxylic acid groups (broad SMARTS) is 1. The van der Waals surface area contributed by atoms with Gasteiger partial charge in [-0.05, 0) is 49.2 Å². The number of benzene rings is 1. The van der Waals surface area contributed by atoms with E-state index in [-0.39, 0.29) is 11.3 Å². The minimum Gasteiger partial charge on any atom is -0.497 e. The van der Waals surface area contributed by atoms with E-state index < -0.39 is 29.7 Å². The van der Waals surface area contributed by atoms with Crippen molar-refractivity contribution in [3.05, 3.63) is 59.9 Å². The van der Waals surface area contributed by atoms with Crippen molar-refractivity contribution in [1.82, 2.24) is 4.98 Å². The average molecular weight is 397 g/mol. The minimum absolute atomic E-state index is 0.00395. The normalized spacial score (nSPS) is 13.3. The Morgan fingerprint density at radius 2 is 1.83 bits per heavy atom. The molecule has 2 unspecified atom stereocenters. The van der Waals surface area contributed by atoms with Gasteiger partial charge in [0.25, 0.3) is 0 Å². The van der Waals surface area contributed by atoms with E-state index >= 15 is 0 Å². The first-order valence-corrected chi connectivity index (χ1v) is 9.12. The molecule has 2 aromatic rings. The highest BCUT2D eigenvalue weighted by Gasteiger charge is 2.38.